The van der Waals surface area contributed by atoms with Gasteiger partial charge in [-0.3, -0.25) is 4.79 Å². The van der Waals surface area contributed by atoms with Gasteiger partial charge in [0.2, 0.25) is 11.1 Å². The van der Waals surface area contributed by atoms with E-state index in [9.17, 15) is 4.79 Å². The van der Waals surface area contributed by atoms with Crippen LogP contribution >= 0.6 is 11.6 Å². The number of nitrogens with one attached hydrogen (secondary N) is 1. The van der Waals surface area contributed by atoms with Crippen molar-refractivity contribution in [1.29, 1.82) is 0 Å². The lowest BCUT2D eigenvalue weighted by atomic mass is 10.1. The molecule has 19 heavy (non-hydrogen) atoms. The Morgan fingerprint density at radius 2 is 2.32 bits per heavy atom. The molecule has 1 amide bonds. The normalized spacial score (nSPS) is 23.7. The van der Waals surface area contributed by atoms with Crippen molar-refractivity contribution in [2.45, 2.75) is 45.7 Å². The van der Waals surface area contributed by atoms with E-state index in [0.29, 0.717) is 24.1 Å². The van der Waals surface area contributed by atoms with Crippen LogP contribution in [0.3, 0.4) is 0 Å². The summed E-state index contributed by atoms with van der Waals surface area (Å²) in [4.78, 5) is 14.2. The Bertz CT molecular complexity index is 441. The molecule has 2 heterocycles. The fourth-order valence-electron chi connectivity index (χ4n) is 2.42. The third kappa shape index (κ3) is 3.09. The molecule has 0 aromatic carbocycles. The summed E-state index contributed by atoms with van der Waals surface area (Å²) < 4.78 is 4.89. The number of amides is 1. The first-order valence-electron chi connectivity index (χ1n) is 6.64. The maximum atomic E-state index is 12.3. The Morgan fingerprint density at radius 3 is 2.95 bits per heavy atom. The average Bonchev–Trinajstić information content (AvgIpc) is 2.70. The van der Waals surface area contributed by atoms with Crippen molar-refractivity contribution in [2.75, 3.05) is 13.1 Å². The van der Waals surface area contributed by atoms with Gasteiger partial charge in [-0.1, -0.05) is 5.16 Å². The third-order valence-corrected chi connectivity index (χ3v) is 4.18. The largest absolute Gasteiger partial charge is 0.344 e. The molecule has 1 saturated heterocycles. The SMILES string of the molecule is Cc1noc(Cl)c1CCC(=O)N1CCNC(C)C1C. The molecule has 1 fully saturated rings. The van der Waals surface area contributed by atoms with E-state index in [2.05, 4.69) is 24.3 Å². The number of carbonyl (C=O) groups excluding carboxylic acids is 1. The predicted octanol–water partition coefficient (Wildman–Crippen LogP) is 1.78. The van der Waals surface area contributed by atoms with Gasteiger partial charge < -0.3 is 14.7 Å². The van der Waals surface area contributed by atoms with E-state index in [-0.39, 0.29) is 11.9 Å². The van der Waals surface area contributed by atoms with Gasteiger partial charge in [0, 0.05) is 37.2 Å². The smallest absolute Gasteiger partial charge is 0.229 e. The van der Waals surface area contributed by atoms with Crippen molar-refractivity contribution in [1.82, 2.24) is 15.4 Å². The zero-order valence-electron chi connectivity index (χ0n) is 11.6. The summed E-state index contributed by atoms with van der Waals surface area (Å²) in [5, 5.41) is 7.45. The van der Waals surface area contributed by atoms with E-state index >= 15 is 0 Å². The van der Waals surface area contributed by atoms with Gasteiger partial charge in [0.05, 0.1) is 5.69 Å². The average molecular weight is 286 g/mol. The number of hydrogen-bond donors (Lipinski definition) is 1. The first-order valence-corrected chi connectivity index (χ1v) is 7.02. The fraction of sp³-hybridized carbons (Fsp3) is 0.692. The van der Waals surface area contributed by atoms with Crippen molar-refractivity contribution in [3.8, 4) is 0 Å². The number of carbonyl (C=O) groups is 1. The fourth-order valence-corrected chi connectivity index (χ4v) is 2.69. The summed E-state index contributed by atoms with van der Waals surface area (Å²) in [7, 11) is 0. The van der Waals surface area contributed by atoms with Gasteiger partial charge in [0.1, 0.15) is 0 Å². The molecular weight excluding hydrogens is 266 g/mol. The van der Waals surface area contributed by atoms with Crippen LogP contribution in [-0.2, 0) is 11.2 Å². The van der Waals surface area contributed by atoms with E-state index in [1.54, 1.807) is 0 Å². The third-order valence-electron chi connectivity index (χ3n) is 3.88. The van der Waals surface area contributed by atoms with Gasteiger partial charge >= 0.3 is 0 Å². The number of hydrogen-bond acceptors (Lipinski definition) is 4. The van der Waals surface area contributed by atoms with Gasteiger partial charge in [-0.2, -0.15) is 0 Å². The zero-order valence-corrected chi connectivity index (χ0v) is 12.3. The molecule has 0 radical (unpaired) electrons. The first-order chi connectivity index (χ1) is 9.00. The lowest BCUT2D eigenvalue weighted by Gasteiger charge is -2.38. The molecule has 106 valence electrons. The summed E-state index contributed by atoms with van der Waals surface area (Å²) in [6, 6.07) is 0.555. The van der Waals surface area contributed by atoms with Crippen LogP contribution in [0.25, 0.3) is 0 Å². The molecule has 0 saturated carbocycles. The van der Waals surface area contributed by atoms with Crippen LogP contribution in [0.15, 0.2) is 4.52 Å². The minimum Gasteiger partial charge on any atom is -0.344 e. The molecule has 0 aliphatic carbocycles. The van der Waals surface area contributed by atoms with Crippen molar-refractivity contribution < 1.29 is 9.32 Å². The van der Waals surface area contributed by atoms with Gasteiger partial charge in [-0.15, -0.1) is 0 Å². The molecule has 1 aromatic rings. The highest BCUT2D eigenvalue weighted by molar-refractivity contribution is 6.29. The molecule has 2 rings (SSSR count). The number of aromatic nitrogens is 1. The van der Waals surface area contributed by atoms with E-state index in [0.717, 1.165) is 24.3 Å². The van der Waals surface area contributed by atoms with E-state index in [1.165, 1.54) is 0 Å². The second-order valence-corrected chi connectivity index (χ2v) is 5.43. The molecule has 1 aromatic heterocycles. The van der Waals surface area contributed by atoms with Crippen LogP contribution in [0.4, 0.5) is 0 Å². The summed E-state index contributed by atoms with van der Waals surface area (Å²) in [5.74, 6) is 0.164. The lowest BCUT2D eigenvalue weighted by molar-refractivity contribution is -0.134. The summed E-state index contributed by atoms with van der Waals surface area (Å²) in [5.41, 5.74) is 1.60. The van der Waals surface area contributed by atoms with Gasteiger partial charge in [0.15, 0.2) is 0 Å². The van der Waals surface area contributed by atoms with Crippen LogP contribution < -0.4 is 5.32 Å². The molecule has 5 nitrogen and oxygen atoms in total. The number of piperazine rings is 1. The topological polar surface area (TPSA) is 58.4 Å². The highest BCUT2D eigenvalue weighted by atomic mass is 35.5. The molecule has 1 N–H and O–H groups in total. The van der Waals surface area contributed by atoms with Crippen molar-refractivity contribution in [3.63, 3.8) is 0 Å². The van der Waals surface area contributed by atoms with Crippen molar-refractivity contribution in [2.24, 2.45) is 0 Å². The maximum Gasteiger partial charge on any atom is 0.229 e. The van der Waals surface area contributed by atoms with E-state index < -0.39 is 0 Å². The Morgan fingerprint density at radius 1 is 1.58 bits per heavy atom. The summed E-state index contributed by atoms with van der Waals surface area (Å²) in [6.07, 6.45) is 1.02. The zero-order chi connectivity index (χ0) is 14.0. The molecule has 2 unspecified atom stereocenters. The van der Waals surface area contributed by atoms with E-state index in [1.807, 2.05) is 11.8 Å². The number of rotatable bonds is 3. The van der Waals surface area contributed by atoms with Gasteiger partial charge in [-0.25, -0.2) is 0 Å². The minimum absolute atomic E-state index is 0.164. The minimum atomic E-state index is 0.164. The molecule has 6 heteroatoms. The molecule has 1 aliphatic rings. The Labute approximate surface area is 118 Å². The molecule has 1 aliphatic heterocycles. The van der Waals surface area contributed by atoms with Crippen LogP contribution in [0.2, 0.25) is 5.22 Å². The Hall–Kier alpha value is -1.07. The van der Waals surface area contributed by atoms with Crippen LogP contribution in [-0.4, -0.2) is 41.1 Å². The molecule has 0 bridgehead atoms. The lowest BCUT2D eigenvalue weighted by Crippen LogP contribution is -2.57. The van der Waals surface area contributed by atoms with Gasteiger partial charge in [0.25, 0.3) is 0 Å². The highest BCUT2D eigenvalue weighted by Gasteiger charge is 2.28. The highest BCUT2D eigenvalue weighted by Crippen LogP contribution is 2.21. The Kier molecular flexibility index (Phi) is 4.47. The standard InChI is InChI=1S/C13H20ClN3O2/c1-8-10(3)17(7-6-15-8)12(18)5-4-11-9(2)16-19-13(11)14/h8,10,15H,4-7H2,1-3H3. The van der Waals surface area contributed by atoms with Crippen LogP contribution in [0, 0.1) is 6.92 Å². The summed E-state index contributed by atoms with van der Waals surface area (Å²) >= 11 is 5.90. The number of nitrogens with zero attached hydrogens (tertiary/aromatic N) is 2. The first kappa shape index (κ1) is 14.3. The van der Waals surface area contributed by atoms with Crippen molar-refractivity contribution in [3.05, 3.63) is 16.5 Å². The monoisotopic (exact) mass is 285 g/mol. The van der Waals surface area contributed by atoms with Gasteiger partial charge in [-0.05, 0) is 38.8 Å². The van der Waals surface area contributed by atoms with E-state index in [4.69, 9.17) is 16.1 Å². The number of aryl methyl sites for hydroxylation is 1. The van der Waals surface area contributed by atoms with Crippen LogP contribution in [0.5, 0.6) is 0 Å². The molecule has 0 spiro atoms. The maximum absolute atomic E-state index is 12.3. The predicted molar refractivity (Wildman–Crippen MR) is 73.2 cm³/mol. The quantitative estimate of drug-likeness (QED) is 0.920. The molecular formula is C13H20ClN3O2. The Balaban J connectivity index is 1.94. The summed E-state index contributed by atoms with van der Waals surface area (Å²) in [6.45, 7) is 7.63. The second kappa shape index (κ2) is 5.92. The molecule has 2 atom stereocenters. The van der Waals surface area contributed by atoms with Crippen LogP contribution in [0.1, 0.15) is 31.5 Å². The van der Waals surface area contributed by atoms with Crippen molar-refractivity contribution >= 4 is 17.5 Å². The second-order valence-electron chi connectivity index (χ2n) is 5.09. The number of halogens is 1.